The quantitative estimate of drug-likeness (QED) is 0.884. The van der Waals surface area contributed by atoms with Gasteiger partial charge >= 0.3 is 0 Å². The van der Waals surface area contributed by atoms with E-state index in [-0.39, 0.29) is 0 Å². The normalized spacial score (nSPS) is 10.8. The molecule has 0 spiro atoms. The van der Waals surface area contributed by atoms with Gasteiger partial charge in [0, 0.05) is 6.54 Å². The lowest BCUT2D eigenvalue weighted by molar-refractivity contribution is 0.795. The molecule has 1 aromatic carbocycles. The molecule has 0 radical (unpaired) electrons. The van der Waals surface area contributed by atoms with Crippen molar-refractivity contribution in [1.29, 1.82) is 0 Å². The lowest BCUT2D eigenvalue weighted by Crippen LogP contribution is -2.07. The molecule has 96 valence electrons. The Morgan fingerprint density at radius 3 is 2.72 bits per heavy atom. The fourth-order valence-corrected chi connectivity index (χ4v) is 3.01. The van der Waals surface area contributed by atoms with Gasteiger partial charge in [0.25, 0.3) is 0 Å². The molecule has 3 heteroatoms. The molecule has 1 N–H and O–H groups in total. The van der Waals surface area contributed by atoms with Gasteiger partial charge in [0.1, 0.15) is 0 Å². The number of benzene rings is 1. The predicted molar refractivity (Wildman–Crippen MR) is 79.0 cm³/mol. The van der Waals surface area contributed by atoms with Crippen molar-refractivity contribution in [1.82, 2.24) is 10.3 Å². The summed E-state index contributed by atoms with van der Waals surface area (Å²) in [5.41, 5.74) is 7.22. The van der Waals surface area contributed by atoms with E-state index in [1.54, 1.807) is 11.3 Å². The maximum Gasteiger partial charge on any atom is 0.0801 e. The smallest absolute Gasteiger partial charge is 0.0801 e. The third-order valence-corrected chi connectivity index (χ3v) is 4.08. The molecule has 0 aliphatic heterocycles. The van der Waals surface area contributed by atoms with Crippen LogP contribution in [-0.4, -0.2) is 12.0 Å². The molecular formula is C15H20N2S. The number of aryl methyl sites for hydroxylation is 2. The summed E-state index contributed by atoms with van der Waals surface area (Å²) in [6.45, 7) is 5.25. The van der Waals surface area contributed by atoms with Gasteiger partial charge in [0.15, 0.2) is 0 Å². The Morgan fingerprint density at radius 2 is 2.11 bits per heavy atom. The number of hydrogen-bond acceptors (Lipinski definition) is 3. The Hall–Kier alpha value is -1.19. The summed E-state index contributed by atoms with van der Waals surface area (Å²) in [5.74, 6) is 0. The third kappa shape index (κ3) is 2.79. The molecular weight excluding hydrogens is 240 g/mol. The highest BCUT2D eigenvalue weighted by molar-refractivity contribution is 7.13. The topological polar surface area (TPSA) is 24.9 Å². The van der Waals surface area contributed by atoms with Gasteiger partial charge in [-0.1, -0.05) is 25.5 Å². The van der Waals surface area contributed by atoms with E-state index >= 15 is 0 Å². The van der Waals surface area contributed by atoms with Crippen LogP contribution in [-0.2, 0) is 13.0 Å². The van der Waals surface area contributed by atoms with Gasteiger partial charge < -0.3 is 5.32 Å². The van der Waals surface area contributed by atoms with E-state index < -0.39 is 0 Å². The zero-order chi connectivity index (χ0) is 13.0. The number of aromatic nitrogens is 1. The van der Waals surface area contributed by atoms with Crippen molar-refractivity contribution in [2.45, 2.75) is 33.2 Å². The molecule has 2 aromatic rings. The average Bonchev–Trinajstić information content (AvgIpc) is 2.78. The summed E-state index contributed by atoms with van der Waals surface area (Å²) < 4.78 is 0. The van der Waals surface area contributed by atoms with Crippen molar-refractivity contribution in [3.63, 3.8) is 0 Å². The standard InChI is InChI=1S/C15H20N2S/c1-4-5-12-8-13(6-7-14(12)9-16-3)15-11(2)17-10-18-15/h6-8,10,16H,4-5,9H2,1-3H3. The van der Waals surface area contributed by atoms with Crippen LogP contribution in [0, 0.1) is 6.92 Å². The van der Waals surface area contributed by atoms with Crippen LogP contribution in [0.4, 0.5) is 0 Å². The van der Waals surface area contributed by atoms with E-state index in [0.29, 0.717) is 0 Å². The zero-order valence-corrected chi connectivity index (χ0v) is 12.1. The fraction of sp³-hybridized carbons (Fsp3) is 0.400. The Labute approximate surface area is 113 Å². The van der Waals surface area contributed by atoms with E-state index in [2.05, 4.69) is 42.3 Å². The van der Waals surface area contributed by atoms with E-state index in [9.17, 15) is 0 Å². The number of rotatable bonds is 5. The summed E-state index contributed by atoms with van der Waals surface area (Å²) in [7, 11) is 2.00. The maximum atomic E-state index is 4.33. The molecule has 0 unspecified atom stereocenters. The van der Waals surface area contributed by atoms with Gasteiger partial charge in [-0.15, -0.1) is 11.3 Å². The molecule has 18 heavy (non-hydrogen) atoms. The first-order valence-corrected chi connectivity index (χ1v) is 7.31. The molecule has 1 aromatic heterocycles. The van der Waals surface area contributed by atoms with Gasteiger partial charge in [-0.2, -0.15) is 0 Å². The van der Waals surface area contributed by atoms with Crippen LogP contribution in [0.15, 0.2) is 23.7 Å². The highest BCUT2D eigenvalue weighted by atomic mass is 32.1. The van der Waals surface area contributed by atoms with E-state index in [1.807, 2.05) is 12.6 Å². The Kier molecular flexibility index (Phi) is 4.50. The highest BCUT2D eigenvalue weighted by Crippen LogP contribution is 2.29. The van der Waals surface area contributed by atoms with E-state index in [1.165, 1.54) is 28.0 Å². The number of nitrogens with one attached hydrogen (secondary N) is 1. The van der Waals surface area contributed by atoms with Gasteiger partial charge in [-0.3, -0.25) is 0 Å². The SMILES string of the molecule is CCCc1cc(-c2scnc2C)ccc1CNC. The lowest BCUT2D eigenvalue weighted by Gasteiger charge is -2.10. The molecule has 2 rings (SSSR count). The Morgan fingerprint density at radius 1 is 1.28 bits per heavy atom. The number of hydrogen-bond donors (Lipinski definition) is 1. The summed E-state index contributed by atoms with van der Waals surface area (Å²) in [5, 5.41) is 3.24. The van der Waals surface area contributed by atoms with Crippen LogP contribution in [0.2, 0.25) is 0 Å². The van der Waals surface area contributed by atoms with Gasteiger partial charge in [0.05, 0.1) is 16.1 Å². The first-order valence-electron chi connectivity index (χ1n) is 6.43. The van der Waals surface area contributed by atoms with Gasteiger partial charge in [-0.05, 0) is 43.1 Å². The molecule has 2 nitrogen and oxygen atoms in total. The van der Waals surface area contributed by atoms with Gasteiger partial charge in [-0.25, -0.2) is 4.98 Å². The van der Waals surface area contributed by atoms with Crippen LogP contribution in [0.3, 0.4) is 0 Å². The molecule has 0 amide bonds. The molecule has 0 aliphatic carbocycles. The summed E-state index contributed by atoms with van der Waals surface area (Å²) in [6.07, 6.45) is 2.32. The zero-order valence-electron chi connectivity index (χ0n) is 11.3. The van der Waals surface area contributed by atoms with Crippen LogP contribution in [0.25, 0.3) is 10.4 Å². The summed E-state index contributed by atoms with van der Waals surface area (Å²) in [4.78, 5) is 5.63. The lowest BCUT2D eigenvalue weighted by atomic mass is 9.99. The molecule has 0 bridgehead atoms. The first-order chi connectivity index (χ1) is 8.76. The van der Waals surface area contributed by atoms with Crippen LogP contribution in [0.5, 0.6) is 0 Å². The Bertz CT molecular complexity index is 517. The predicted octanol–water partition coefficient (Wildman–Crippen LogP) is 3.79. The maximum absolute atomic E-state index is 4.33. The van der Waals surface area contributed by atoms with Crippen molar-refractivity contribution in [3.8, 4) is 10.4 Å². The van der Waals surface area contributed by atoms with Crippen molar-refractivity contribution in [3.05, 3.63) is 40.5 Å². The van der Waals surface area contributed by atoms with Crippen LogP contribution in [0.1, 0.15) is 30.2 Å². The first kappa shape index (κ1) is 13.2. The third-order valence-electron chi connectivity index (χ3n) is 3.10. The molecule has 0 atom stereocenters. The molecule has 1 heterocycles. The second kappa shape index (κ2) is 6.12. The minimum absolute atomic E-state index is 0.942. The van der Waals surface area contributed by atoms with Gasteiger partial charge in [0.2, 0.25) is 0 Å². The summed E-state index contributed by atoms with van der Waals surface area (Å²) in [6, 6.07) is 6.79. The van der Waals surface area contributed by atoms with Crippen molar-refractivity contribution >= 4 is 11.3 Å². The van der Waals surface area contributed by atoms with Crippen LogP contribution >= 0.6 is 11.3 Å². The molecule has 0 fully saturated rings. The molecule has 0 aliphatic rings. The van der Waals surface area contributed by atoms with Crippen molar-refractivity contribution < 1.29 is 0 Å². The minimum Gasteiger partial charge on any atom is -0.316 e. The number of thiazole rings is 1. The monoisotopic (exact) mass is 260 g/mol. The molecule has 0 saturated heterocycles. The highest BCUT2D eigenvalue weighted by Gasteiger charge is 2.08. The number of nitrogens with zero attached hydrogens (tertiary/aromatic N) is 1. The molecule has 0 saturated carbocycles. The largest absolute Gasteiger partial charge is 0.316 e. The second-order valence-corrected chi connectivity index (χ2v) is 5.39. The van der Waals surface area contributed by atoms with Crippen molar-refractivity contribution in [2.75, 3.05) is 7.05 Å². The van der Waals surface area contributed by atoms with E-state index in [0.717, 1.165) is 18.7 Å². The average molecular weight is 260 g/mol. The van der Waals surface area contributed by atoms with Crippen LogP contribution < -0.4 is 5.32 Å². The fourth-order valence-electron chi connectivity index (χ4n) is 2.21. The van der Waals surface area contributed by atoms with Crippen molar-refractivity contribution in [2.24, 2.45) is 0 Å². The summed E-state index contributed by atoms with van der Waals surface area (Å²) >= 11 is 1.72. The minimum atomic E-state index is 0.942. The van der Waals surface area contributed by atoms with E-state index in [4.69, 9.17) is 0 Å². The Balaban J connectivity index is 2.39. The second-order valence-electron chi connectivity index (χ2n) is 4.53.